The summed E-state index contributed by atoms with van der Waals surface area (Å²) in [5.74, 6) is -2.94. The van der Waals surface area contributed by atoms with Gasteiger partial charge >= 0.3 is 17.9 Å². The van der Waals surface area contributed by atoms with Crippen LogP contribution in [0.15, 0.2) is 38.0 Å². The molecule has 0 saturated heterocycles. The normalized spacial score (nSPS) is 8.60. The first-order valence-electron chi connectivity index (χ1n) is 8.76. The van der Waals surface area contributed by atoms with Gasteiger partial charge in [0.25, 0.3) is 0 Å². The Labute approximate surface area is 177 Å². The van der Waals surface area contributed by atoms with E-state index in [1.165, 1.54) is 0 Å². The highest BCUT2D eigenvalue weighted by Gasteiger charge is 2.24. The second-order valence-corrected chi connectivity index (χ2v) is 5.24. The Balaban J connectivity index is -0.0000000891. The molecular formula is C19H38N2O9. The van der Waals surface area contributed by atoms with E-state index in [1.807, 2.05) is 6.92 Å². The topological polar surface area (TPSA) is 225 Å². The van der Waals surface area contributed by atoms with Crippen molar-refractivity contribution in [1.82, 2.24) is 0 Å². The number of hydrogen-bond acceptors (Lipinski definition) is 8. The van der Waals surface area contributed by atoms with Gasteiger partial charge in [-0.1, -0.05) is 26.7 Å². The van der Waals surface area contributed by atoms with Crippen LogP contribution in [0.5, 0.6) is 0 Å². The molecule has 11 nitrogen and oxygen atoms in total. The SMILES string of the molecule is C=CC(=O)O.C=CC(=O)O.C=CC(=O)O.CCC(CO)(CO)CO.NCCCCN. The molecule has 10 N–H and O–H groups in total. The van der Waals surface area contributed by atoms with Gasteiger partial charge < -0.3 is 42.1 Å². The lowest BCUT2D eigenvalue weighted by molar-refractivity contribution is -0.132. The van der Waals surface area contributed by atoms with E-state index in [9.17, 15) is 14.4 Å². The van der Waals surface area contributed by atoms with Gasteiger partial charge in [-0.25, -0.2) is 14.4 Å². The first-order valence-corrected chi connectivity index (χ1v) is 8.76. The van der Waals surface area contributed by atoms with Crippen molar-refractivity contribution in [3.63, 3.8) is 0 Å². The molecule has 0 rings (SSSR count). The second-order valence-electron chi connectivity index (χ2n) is 5.24. The molecule has 0 saturated carbocycles. The quantitative estimate of drug-likeness (QED) is 0.165. The zero-order valence-electron chi connectivity index (χ0n) is 17.6. The number of rotatable bonds is 10. The van der Waals surface area contributed by atoms with E-state index in [2.05, 4.69) is 19.7 Å². The smallest absolute Gasteiger partial charge is 0.327 e. The monoisotopic (exact) mass is 438 g/mol. The minimum absolute atomic E-state index is 0.156. The van der Waals surface area contributed by atoms with Crippen molar-refractivity contribution >= 4 is 17.9 Å². The van der Waals surface area contributed by atoms with Crippen LogP contribution in [0, 0.1) is 5.41 Å². The van der Waals surface area contributed by atoms with Gasteiger partial charge in [-0.15, -0.1) is 0 Å². The van der Waals surface area contributed by atoms with Crippen molar-refractivity contribution in [1.29, 1.82) is 0 Å². The molecule has 0 fully saturated rings. The molecule has 0 heterocycles. The summed E-state index contributed by atoms with van der Waals surface area (Å²) in [5, 5.41) is 48.8. The summed E-state index contributed by atoms with van der Waals surface area (Å²) in [6, 6.07) is 0. The molecule has 0 bridgehead atoms. The fourth-order valence-corrected chi connectivity index (χ4v) is 0.774. The van der Waals surface area contributed by atoms with Crippen LogP contribution in [0.4, 0.5) is 0 Å². The van der Waals surface area contributed by atoms with Crippen LogP contribution in [0.25, 0.3) is 0 Å². The maximum Gasteiger partial charge on any atom is 0.327 e. The van der Waals surface area contributed by atoms with Gasteiger partial charge in [0, 0.05) is 23.6 Å². The van der Waals surface area contributed by atoms with Crippen molar-refractivity contribution in [3.8, 4) is 0 Å². The van der Waals surface area contributed by atoms with Gasteiger partial charge in [0.2, 0.25) is 0 Å². The van der Waals surface area contributed by atoms with Crippen molar-refractivity contribution < 1.29 is 45.0 Å². The Bertz CT molecular complexity index is 387. The summed E-state index contributed by atoms with van der Waals surface area (Å²) in [6.45, 7) is 11.8. The summed E-state index contributed by atoms with van der Waals surface area (Å²) in [7, 11) is 0. The number of hydrogen-bond donors (Lipinski definition) is 8. The first kappa shape index (κ1) is 38.1. The summed E-state index contributed by atoms with van der Waals surface area (Å²) < 4.78 is 0. The van der Waals surface area contributed by atoms with E-state index in [1.54, 1.807) is 0 Å². The summed E-state index contributed by atoms with van der Waals surface area (Å²) in [6.07, 6.45) is 5.23. The average Bonchev–Trinajstić information content (AvgIpc) is 2.75. The Morgan fingerprint density at radius 1 is 0.733 bits per heavy atom. The first-order chi connectivity index (χ1) is 14.0. The summed E-state index contributed by atoms with van der Waals surface area (Å²) in [5.41, 5.74) is 9.65. The van der Waals surface area contributed by atoms with E-state index in [0.717, 1.165) is 44.2 Å². The van der Waals surface area contributed by atoms with Crippen LogP contribution in [-0.4, -0.2) is 81.5 Å². The molecule has 0 unspecified atom stereocenters. The highest BCUT2D eigenvalue weighted by molar-refractivity contribution is 5.79. The minimum Gasteiger partial charge on any atom is -0.478 e. The fourth-order valence-electron chi connectivity index (χ4n) is 0.774. The fraction of sp³-hybridized carbons (Fsp3) is 0.526. The summed E-state index contributed by atoms with van der Waals surface area (Å²) in [4.78, 5) is 27.8. The Morgan fingerprint density at radius 2 is 0.933 bits per heavy atom. The third-order valence-corrected chi connectivity index (χ3v) is 2.94. The lowest BCUT2D eigenvalue weighted by atomic mass is 9.88. The molecule has 0 aliphatic heterocycles. The number of aliphatic hydroxyl groups excluding tert-OH is 3. The molecule has 0 aromatic heterocycles. The van der Waals surface area contributed by atoms with Gasteiger partial charge in [0.05, 0.1) is 19.8 Å². The molecule has 0 aliphatic rings. The molecule has 0 aromatic carbocycles. The maximum absolute atomic E-state index is 9.25. The van der Waals surface area contributed by atoms with Crippen molar-refractivity contribution in [2.24, 2.45) is 16.9 Å². The van der Waals surface area contributed by atoms with Crippen molar-refractivity contribution in [3.05, 3.63) is 38.0 Å². The minimum atomic E-state index is -0.981. The largest absolute Gasteiger partial charge is 0.478 e. The molecule has 0 aliphatic carbocycles. The number of carboxylic acids is 3. The lowest BCUT2D eigenvalue weighted by Crippen LogP contribution is -2.32. The van der Waals surface area contributed by atoms with Gasteiger partial charge in [-0.3, -0.25) is 0 Å². The van der Waals surface area contributed by atoms with E-state index >= 15 is 0 Å². The van der Waals surface area contributed by atoms with Crippen LogP contribution >= 0.6 is 0 Å². The molecule has 11 heteroatoms. The predicted molar refractivity (Wildman–Crippen MR) is 115 cm³/mol. The Morgan fingerprint density at radius 3 is 0.967 bits per heavy atom. The predicted octanol–water partition coefficient (Wildman–Crippen LogP) is -0.185. The van der Waals surface area contributed by atoms with E-state index in [-0.39, 0.29) is 19.8 Å². The lowest BCUT2D eigenvalue weighted by Gasteiger charge is -2.24. The van der Waals surface area contributed by atoms with E-state index < -0.39 is 23.3 Å². The highest BCUT2D eigenvalue weighted by atomic mass is 16.4. The van der Waals surface area contributed by atoms with Crippen molar-refractivity contribution in [2.75, 3.05) is 32.9 Å². The van der Waals surface area contributed by atoms with Gasteiger partial charge in [0.15, 0.2) is 0 Å². The van der Waals surface area contributed by atoms with E-state index in [0.29, 0.717) is 6.42 Å². The number of nitrogens with two attached hydrogens (primary N) is 2. The number of unbranched alkanes of at least 4 members (excludes halogenated alkanes) is 1. The Kier molecular flexibility index (Phi) is 39.5. The second kappa shape index (κ2) is 31.1. The zero-order valence-corrected chi connectivity index (χ0v) is 17.6. The van der Waals surface area contributed by atoms with E-state index in [4.69, 9.17) is 42.1 Å². The average molecular weight is 439 g/mol. The molecule has 30 heavy (non-hydrogen) atoms. The van der Waals surface area contributed by atoms with Crippen molar-refractivity contribution in [2.45, 2.75) is 26.2 Å². The van der Waals surface area contributed by atoms with Gasteiger partial charge in [0.1, 0.15) is 0 Å². The van der Waals surface area contributed by atoms with Crippen LogP contribution in [0.3, 0.4) is 0 Å². The third-order valence-electron chi connectivity index (χ3n) is 2.94. The van der Waals surface area contributed by atoms with Crippen LogP contribution in [-0.2, 0) is 14.4 Å². The van der Waals surface area contributed by atoms with Crippen LogP contribution in [0.2, 0.25) is 0 Å². The highest BCUT2D eigenvalue weighted by Crippen LogP contribution is 2.18. The standard InChI is InChI=1S/C6H14O3.C4H12N2.3C3H4O2/c1-2-6(3-7,4-8)5-9;5-3-1-2-4-6;3*1-2-3(4)5/h7-9H,2-5H2,1H3;1-6H2;3*2H,1H2,(H,4,5). The van der Waals surface area contributed by atoms with Crippen LogP contribution < -0.4 is 11.5 Å². The zero-order chi connectivity index (χ0) is 25.0. The molecule has 0 spiro atoms. The van der Waals surface area contributed by atoms with Gasteiger partial charge in [-0.05, 0) is 32.4 Å². The molecular weight excluding hydrogens is 400 g/mol. The number of carbonyl (C=O) groups is 3. The molecule has 0 aromatic rings. The van der Waals surface area contributed by atoms with Gasteiger partial charge in [-0.2, -0.15) is 0 Å². The molecule has 0 amide bonds. The number of aliphatic carboxylic acids is 3. The third kappa shape index (κ3) is 44.7. The number of carboxylic acid groups (broad SMARTS) is 3. The number of aliphatic hydroxyl groups is 3. The Hall–Kier alpha value is -2.57. The summed E-state index contributed by atoms with van der Waals surface area (Å²) >= 11 is 0. The molecule has 0 atom stereocenters. The van der Waals surface area contributed by atoms with Crippen LogP contribution in [0.1, 0.15) is 26.2 Å². The molecule has 0 radical (unpaired) electrons. The molecule has 178 valence electrons. The maximum atomic E-state index is 9.25.